The number of H-pyrrole nitrogens is 1. The summed E-state index contributed by atoms with van der Waals surface area (Å²) in [6, 6.07) is 0. The van der Waals surface area contributed by atoms with E-state index in [2.05, 4.69) is 24.0 Å². The smallest absolute Gasteiger partial charge is 0.0844 e. The first-order chi connectivity index (χ1) is 6.57. The number of aromatic nitrogens is 1. The molecule has 1 heterocycles. The van der Waals surface area contributed by atoms with Gasteiger partial charge in [0.2, 0.25) is 0 Å². The third-order valence-corrected chi connectivity index (χ3v) is 2.18. The fourth-order valence-corrected chi connectivity index (χ4v) is 1.47. The molecule has 78 valence electrons. The van der Waals surface area contributed by atoms with E-state index < -0.39 is 0 Å². The Morgan fingerprint density at radius 1 is 1.50 bits per heavy atom. The molecule has 0 saturated carbocycles. The van der Waals surface area contributed by atoms with E-state index in [1.165, 1.54) is 0 Å². The molecule has 1 aromatic heterocycles. The van der Waals surface area contributed by atoms with E-state index in [1.54, 1.807) is 0 Å². The summed E-state index contributed by atoms with van der Waals surface area (Å²) in [7, 11) is 0. The highest BCUT2D eigenvalue weighted by molar-refractivity contribution is 5.70. The maximum Gasteiger partial charge on any atom is 0.0844 e. The lowest BCUT2D eigenvalue weighted by atomic mass is 10.1. The lowest BCUT2D eigenvalue weighted by molar-refractivity contribution is 0.210. The van der Waals surface area contributed by atoms with Crippen LogP contribution in [0.3, 0.4) is 0 Å². The van der Waals surface area contributed by atoms with Crippen LogP contribution in [0.15, 0.2) is 6.58 Å². The molecule has 0 saturated heterocycles. The second kappa shape index (κ2) is 4.33. The van der Waals surface area contributed by atoms with E-state index in [0.717, 1.165) is 28.2 Å². The van der Waals surface area contributed by atoms with Crippen molar-refractivity contribution < 1.29 is 4.84 Å². The molecule has 0 radical (unpaired) electrons. The lowest BCUT2D eigenvalue weighted by Gasteiger charge is -2.05. The number of rotatable bonds is 4. The molecule has 0 atom stereocenters. The molecule has 0 spiro atoms. The minimum Gasteiger partial charge on any atom is -0.357 e. The number of hydrogen-bond donors (Lipinski definition) is 2. The first-order valence-corrected chi connectivity index (χ1v) is 4.80. The van der Waals surface area contributed by atoms with E-state index >= 15 is 0 Å². The molecule has 0 aliphatic rings. The zero-order valence-corrected chi connectivity index (χ0v) is 9.32. The normalized spacial score (nSPS) is 10.3. The van der Waals surface area contributed by atoms with Gasteiger partial charge in [-0.25, -0.2) is 0 Å². The minimum atomic E-state index is 0.645. The molecule has 0 fully saturated rings. The van der Waals surface area contributed by atoms with Gasteiger partial charge in [-0.05, 0) is 38.8 Å². The molecule has 1 rings (SSSR count). The van der Waals surface area contributed by atoms with E-state index in [0.29, 0.717) is 6.61 Å². The van der Waals surface area contributed by atoms with Crippen LogP contribution in [-0.4, -0.2) is 11.6 Å². The van der Waals surface area contributed by atoms with Crippen molar-refractivity contribution in [3.8, 4) is 0 Å². The number of aryl methyl sites for hydroxylation is 1. The number of hydrogen-bond acceptors (Lipinski definition) is 2. The molecule has 0 amide bonds. The molecule has 0 unspecified atom stereocenters. The molecule has 1 aromatic rings. The average molecular weight is 194 g/mol. The van der Waals surface area contributed by atoms with Gasteiger partial charge in [-0.1, -0.05) is 6.58 Å². The van der Waals surface area contributed by atoms with Gasteiger partial charge in [0.05, 0.1) is 12.3 Å². The average Bonchev–Trinajstić information content (AvgIpc) is 2.40. The maximum absolute atomic E-state index is 5.17. The monoisotopic (exact) mass is 194 g/mol. The standard InChI is InChI=1S/C11H18N2O/c1-6-14-13-11-8(4)10(7(2)3)12-9(11)5/h12-13H,2,6H2,1,3-5H3. The molecular weight excluding hydrogens is 176 g/mol. The van der Waals surface area contributed by atoms with Crippen LogP contribution in [0.25, 0.3) is 5.57 Å². The SMILES string of the molecule is C=C(C)c1[nH]c(C)c(NOCC)c1C. The van der Waals surface area contributed by atoms with Gasteiger partial charge in [0.1, 0.15) is 0 Å². The van der Waals surface area contributed by atoms with Crippen molar-refractivity contribution in [1.29, 1.82) is 0 Å². The van der Waals surface area contributed by atoms with E-state index in [9.17, 15) is 0 Å². The topological polar surface area (TPSA) is 37.0 Å². The van der Waals surface area contributed by atoms with Gasteiger partial charge < -0.3 is 4.98 Å². The van der Waals surface area contributed by atoms with Gasteiger partial charge in [-0.2, -0.15) is 0 Å². The van der Waals surface area contributed by atoms with Crippen LogP contribution in [0.4, 0.5) is 5.69 Å². The Labute approximate surface area is 85.1 Å². The Morgan fingerprint density at radius 2 is 2.14 bits per heavy atom. The zero-order chi connectivity index (χ0) is 10.7. The van der Waals surface area contributed by atoms with Gasteiger partial charge in [0.15, 0.2) is 0 Å². The van der Waals surface area contributed by atoms with Crippen LogP contribution in [0.2, 0.25) is 0 Å². The molecular formula is C11H18N2O. The third-order valence-electron chi connectivity index (χ3n) is 2.18. The van der Waals surface area contributed by atoms with Crippen molar-refractivity contribution in [3.05, 3.63) is 23.5 Å². The summed E-state index contributed by atoms with van der Waals surface area (Å²) in [6.07, 6.45) is 0. The molecule has 3 heteroatoms. The van der Waals surface area contributed by atoms with Crippen LogP contribution < -0.4 is 5.48 Å². The van der Waals surface area contributed by atoms with Gasteiger partial charge in [0.25, 0.3) is 0 Å². The Morgan fingerprint density at radius 3 is 2.57 bits per heavy atom. The van der Waals surface area contributed by atoms with Crippen LogP contribution in [0.1, 0.15) is 30.8 Å². The fraction of sp³-hybridized carbons (Fsp3) is 0.455. The Bertz CT molecular complexity index is 339. The largest absolute Gasteiger partial charge is 0.357 e. The van der Waals surface area contributed by atoms with Crippen molar-refractivity contribution in [3.63, 3.8) is 0 Å². The van der Waals surface area contributed by atoms with E-state index in [-0.39, 0.29) is 0 Å². The minimum absolute atomic E-state index is 0.645. The summed E-state index contributed by atoms with van der Waals surface area (Å²) >= 11 is 0. The summed E-state index contributed by atoms with van der Waals surface area (Å²) < 4.78 is 0. The lowest BCUT2D eigenvalue weighted by Crippen LogP contribution is -2.01. The number of nitrogens with one attached hydrogen (secondary N) is 2. The van der Waals surface area contributed by atoms with Crippen LogP contribution in [0, 0.1) is 13.8 Å². The number of aromatic amines is 1. The molecule has 0 aliphatic carbocycles. The molecule has 0 aliphatic heterocycles. The molecule has 3 nitrogen and oxygen atoms in total. The first kappa shape index (κ1) is 10.9. The van der Waals surface area contributed by atoms with Crippen LogP contribution in [-0.2, 0) is 4.84 Å². The number of allylic oxidation sites excluding steroid dienone is 1. The van der Waals surface area contributed by atoms with Crippen molar-refractivity contribution in [2.45, 2.75) is 27.7 Å². The van der Waals surface area contributed by atoms with Crippen molar-refractivity contribution >= 4 is 11.3 Å². The second-order valence-corrected chi connectivity index (χ2v) is 3.44. The van der Waals surface area contributed by atoms with Gasteiger partial charge in [-0.3, -0.25) is 10.3 Å². The highest BCUT2D eigenvalue weighted by Gasteiger charge is 2.11. The highest BCUT2D eigenvalue weighted by Crippen LogP contribution is 2.27. The van der Waals surface area contributed by atoms with Crippen molar-refractivity contribution in [2.75, 3.05) is 12.1 Å². The molecule has 2 N–H and O–H groups in total. The van der Waals surface area contributed by atoms with Gasteiger partial charge >= 0.3 is 0 Å². The molecule has 14 heavy (non-hydrogen) atoms. The van der Waals surface area contributed by atoms with E-state index in [1.807, 2.05) is 20.8 Å². The third kappa shape index (κ3) is 1.99. The second-order valence-electron chi connectivity index (χ2n) is 3.44. The maximum atomic E-state index is 5.17. The summed E-state index contributed by atoms with van der Waals surface area (Å²) in [4.78, 5) is 8.45. The predicted molar refractivity (Wildman–Crippen MR) is 60.2 cm³/mol. The fourth-order valence-electron chi connectivity index (χ4n) is 1.47. The highest BCUT2D eigenvalue weighted by atomic mass is 16.6. The van der Waals surface area contributed by atoms with E-state index in [4.69, 9.17) is 4.84 Å². The summed E-state index contributed by atoms with van der Waals surface area (Å²) in [5, 5.41) is 0. The van der Waals surface area contributed by atoms with Gasteiger partial charge in [-0.15, -0.1) is 0 Å². The van der Waals surface area contributed by atoms with Crippen LogP contribution >= 0.6 is 0 Å². The van der Waals surface area contributed by atoms with Crippen LogP contribution in [0.5, 0.6) is 0 Å². The predicted octanol–water partition coefficient (Wildman–Crippen LogP) is 3.03. The Hall–Kier alpha value is -1.22. The summed E-state index contributed by atoms with van der Waals surface area (Å²) in [5.74, 6) is 0. The van der Waals surface area contributed by atoms with Crippen molar-refractivity contribution in [1.82, 2.24) is 4.98 Å². The first-order valence-electron chi connectivity index (χ1n) is 4.80. The Balaban J connectivity index is 2.99. The summed E-state index contributed by atoms with van der Waals surface area (Å²) in [5.41, 5.74) is 8.31. The summed E-state index contributed by atoms with van der Waals surface area (Å²) in [6.45, 7) is 12.6. The number of anilines is 1. The quantitative estimate of drug-likeness (QED) is 0.723. The Kier molecular flexibility index (Phi) is 3.36. The molecule has 0 bridgehead atoms. The van der Waals surface area contributed by atoms with Crippen molar-refractivity contribution in [2.24, 2.45) is 0 Å². The molecule has 0 aromatic carbocycles. The zero-order valence-electron chi connectivity index (χ0n) is 9.32. The van der Waals surface area contributed by atoms with Gasteiger partial charge in [0, 0.05) is 11.4 Å².